The Morgan fingerprint density at radius 1 is 1.40 bits per heavy atom. The summed E-state index contributed by atoms with van der Waals surface area (Å²) in [7, 11) is 1.61. The summed E-state index contributed by atoms with van der Waals surface area (Å²) in [6.07, 6.45) is 0.400. The average Bonchev–Trinajstić information content (AvgIpc) is 2.66. The molecule has 0 saturated heterocycles. The van der Waals surface area contributed by atoms with E-state index in [2.05, 4.69) is 17.6 Å². The van der Waals surface area contributed by atoms with E-state index in [1.54, 1.807) is 7.11 Å². The molecule has 0 aromatic heterocycles. The van der Waals surface area contributed by atoms with Crippen molar-refractivity contribution in [3.05, 3.63) is 17.7 Å². The van der Waals surface area contributed by atoms with Crippen LogP contribution in [0.25, 0.3) is 0 Å². The molecule has 1 aromatic carbocycles. The van der Waals surface area contributed by atoms with E-state index in [-0.39, 0.29) is 0 Å². The second-order valence-corrected chi connectivity index (χ2v) is 6.05. The number of anilines is 2. The molecule has 0 fully saturated rings. The maximum atomic E-state index is 11.9. The molecule has 1 atom stereocenters. The van der Waals surface area contributed by atoms with Gasteiger partial charge in [0.25, 0.3) is 0 Å². The Morgan fingerprint density at radius 3 is 2.70 bits per heavy atom. The smallest absolute Gasteiger partial charge is 0.412 e. The summed E-state index contributed by atoms with van der Waals surface area (Å²) >= 11 is 0. The van der Waals surface area contributed by atoms with E-state index in [9.17, 15) is 4.79 Å². The third kappa shape index (κ3) is 3.15. The van der Waals surface area contributed by atoms with Gasteiger partial charge in [0, 0.05) is 17.3 Å². The fourth-order valence-electron chi connectivity index (χ4n) is 2.33. The SMILES string of the molecule is COc1c(NC(=O)OC(C)(C)C)ccc2c1CC(C)N2. The minimum atomic E-state index is -0.524. The quantitative estimate of drug-likeness (QED) is 0.870. The van der Waals surface area contributed by atoms with Gasteiger partial charge in [-0.2, -0.15) is 0 Å². The predicted octanol–water partition coefficient (Wildman–Crippen LogP) is 3.40. The highest BCUT2D eigenvalue weighted by atomic mass is 16.6. The molecule has 1 unspecified atom stereocenters. The topological polar surface area (TPSA) is 59.6 Å². The van der Waals surface area contributed by atoms with Gasteiger partial charge in [0.1, 0.15) is 11.4 Å². The first-order valence-electron chi connectivity index (χ1n) is 6.76. The third-order valence-electron chi connectivity index (χ3n) is 3.01. The van der Waals surface area contributed by atoms with Crippen molar-refractivity contribution in [2.75, 3.05) is 17.7 Å². The van der Waals surface area contributed by atoms with Crippen LogP contribution in [0.4, 0.5) is 16.2 Å². The van der Waals surface area contributed by atoms with Crippen molar-refractivity contribution >= 4 is 17.5 Å². The van der Waals surface area contributed by atoms with Gasteiger partial charge in [-0.3, -0.25) is 5.32 Å². The highest BCUT2D eigenvalue weighted by Crippen LogP contribution is 2.39. The van der Waals surface area contributed by atoms with Crippen molar-refractivity contribution in [2.24, 2.45) is 0 Å². The molecule has 1 aliphatic heterocycles. The average molecular weight is 278 g/mol. The highest BCUT2D eigenvalue weighted by molar-refractivity contribution is 5.89. The van der Waals surface area contributed by atoms with Gasteiger partial charge in [-0.1, -0.05) is 0 Å². The van der Waals surface area contributed by atoms with Crippen molar-refractivity contribution in [3.63, 3.8) is 0 Å². The molecule has 2 rings (SSSR count). The van der Waals surface area contributed by atoms with E-state index in [0.717, 1.165) is 17.7 Å². The molecule has 1 heterocycles. The van der Waals surface area contributed by atoms with Crippen LogP contribution in [0, 0.1) is 0 Å². The fraction of sp³-hybridized carbons (Fsp3) is 0.533. The first kappa shape index (κ1) is 14.5. The van der Waals surface area contributed by atoms with E-state index in [1.807, 2.05) is 32.9 Å². The van der Waals surface area contributed by atoms with E-state index < -0.39 is 11.7 Å². The monoisotopic (exact) mass is 278 g/mol. The molecule has 0 bridgehead atoms. The van der Waals surface area contributed by atoms with Crippen LogP contribution in [0.15, 0.2) is 12.1 Å². The third-order valence-corrected chi connectivity index (χ3v) is 3.01. The molecule has 0 radical (unpaired) electrons. The number of carbonyl (C=O) groups is 1. The van der Waals surface area contributed by atoms with Crippen molar-refractivity contribution in [1.82, 2.24) is 0 Å². The van der Waals surface area contributed by atoms with E-state index in [0.29, 0.717) is 17.5 Å². The summed E-state index contributed by atoms with van der Waals surface area (Å²) in [6.45, 7) is 7.61. The number of ether oxygens (including phenoxy) is 2. The van der Waals surface area contributed by atoms with Crippen LogP contribution < -0.4 is 15.4 Å². The lowest BCUT2D eigenvalue weighted by atomic mass is 10.1. The van der Waals surface area contributed by atoms with Crippen LogP contribution >= 0.6 is 0 Å². The summed E-state index contributed by atoms with van der Waals surface area (Å²) < 4.78 is 10.7. The number of fused-ring (bicyclic) bond motifs is 1. The maximum Gasteiger partial charge on any atom is 0.412 e. The van der Waals surface area contributed by atoms with Crippen molar-refractivity contribution in [2.45, 2.75) is 45.8 Å². The molecular formula is C15H22N2O3. The molecule has 5 heteroatoms. The van der Waals surface area contributed by atoms with Crippen molar-refractivity contribution in [1.29, 1.82) is 0 Å². The van der Waals surface area contributed by atoms with Gasteiger partial charge in [-0.15, -0.1) is 0 Å². The number of carbonyl (C=O) groups excluding carboxylic acids is 1. The molecule has 110 valence electrons. The summed E-state index contributed by atoms with van der Waals surface area (Å²) in [4.78, 5) is 11.9. The summed E-state index contributed by atoms with van der Waals surface area (Å²) in [5.74, 6) is 0.699. The largest absolute Gasteiger partial charge is 0.494 e. The van der Waals surface area contributed by atoms with Crippen LogP contribution in [0.2, 0.25) is 0 Å². The van der Waals surface area contributed by atoms with Crippen molar-refractivity contribution < 1.29 is 14.3 Å². The van der Waals surface area contributed by atoms with Gasteiger partial charge in [0.2, 0.25) is 0 Å². The van der Waals surface area contributed by atoms with Crippen molar-refractivity contribution in [3.8, 4) is 5.75 Å². The Kier molecular flexibility index (Phi) is 3.79. The zero-order valence-corrected chi connectivity index (χ0v) is 12.7. The molecule has 1 amide bonds. The number of rotatable bonds is 2. The van der Waals surface area contributed by atoms with E-state index in [4.69, 9.17) is 9.47 Å². The molecule has 0 saturated carbocycles. The first-order chi connectivity index (χ1) is 9.30. The van der Waals surface area contributed by atoms with Crippen LogP contribution in [0.5, 0.6) is 5.75 Å². The number of hydrogen-bond acceptors (Lipinski definition) is 4. The summed E-state index contributed by atoms with van der Waals surface area (Å²) in [5.41, 5.74) is 2.26. The zero-order chi connectivity index (χ0) is 14.9. The second-order valence-electron chi connectivity index (χ2n) is 6.05. The minimum absolute atomic E-state index is 0.371. The zero-order valence-electron chi connectivity index (χ0n) is 12.7. The Balaban J connectivity index is 2.21. The molecular weight excluding hydrogens is 256 g/mol. The van der Waals surface area contributed by atoms with Gasteiger partial charge in [0.05, 0.1) is 12.8 Å². The molecule has 5 nitrogen and oxygen atoms in total. The molecule has 0 aliphatic carbocycles. The predicted molar refractivity (Wildman–Crippen MR) is 79.6 cm³/mol. The van der Waals surface area contributed by atoms with E-state index in [1.165, 1.54) is 0 Å². The van der Waals surface area contributed by atoms with Gasteiger partial charge in [0.15, 0.2) is 0 Å². The lowest BCUT2D eigenvalue weighted by Gasteiger charge is -2.20. The van der Waals surface area contributed by atoms with Gasteiger partial charge in [-0.25, -0.2) is 4.79 Å². The molecule has 1 aliphatic rings. The first-order valence-corrected chi connectivity index (χ1v) is 6.76. The number of amides is 1. The van der Waals surface area contributed by atoms with Gasteiger partial charge >= 0.3 is 6.09 Å². The Labute approximate surface area is 119 Å². The summed E-state index contributed by atoms with van der Waals surface area (Å²) in [6, 6.07) is 4.15. The Bertz CT molecular complexity index is 521. The number of nitrogens with one attached hydrogen (secondary N) is 2. The van der Waals surface area contributed by atoms with Crippen LogP contribution in [-0.2, 0) is 11.2 Å². The number of methoxy groups -OCH3 is 1. The van der Waals surface area contributed by atoms with Crippen LogP contribution in [0.3, 0.4) is 0 Å². The lowest BCUT2D eigenvalue weighted by Crippen LogP contribution is -2.27. The molecule has 20 heavy (non-hydrogen) atoms. The Hall–Kier alpha value is -1.91. The normalized spacial score (nSPS) is 17.1. The van der Waals surface area contributed by atoms with Crippen LogP contribution in [0.1, 0.15) is 33.3 Å². The summed E-state index contributed by atoms with van der Waals surface area (Å²) in [5, 5.41) is 6.12. The van der Waals surface area contributed by atoms with Gasteiger partial charge in [-0.05, 0) is 46.2 Å². The van der Waals surface area contributed by atoms with Crippen LogP contribution in [-0.4, -0.2) is 24.8 Å². The van der Waals surface area contributed by atoms with E-state index >= 15 is 0 Å². The minimum Gasteiger partial charge on any atom is -0.494 e. The highest BCUT2D eigenvalue weighted by Gasteiger charge is 2.24. The lowest BCUT2D eigenvalue weighted by molar-refractivity contribution is 0.0635. The Morgan fingerprint density at radius 2 is 2.10 bits per heavy atom. The molecule has 1 aromatic rings. The fourth-order valence-corrected chi connectivity index (χ4v) is 2.33. The molecule has 0 spiro atoms. The number of benzene rings is 1. The second kappa shape index (κ2) is 5.23. The molecule has 2 N–H and O–H groups in total. The standard InChI is InChI=1S/C15H22N2O3/c1-9-8-10-11(16-9)6-7-12(13(10)19-5)17-14(18)20-15(2,3)4/h6-7,9,16H,8H2,1-5H3,(H,17,18). The number of hydrogen-bond donors (Lipinski definition) is 2. The van der Waals surface area contributed by atoms with Gasteiger partial charge < -0.3 is 14.8 Å². The maximum absolute atomic E-state index is 11.9.